The zero-order valence-electron chi connectivity index (χ0n) is 13.1. The molecule has 0 radical (unpaired) electrons. The molecule has 4 nitrogen and oxygen atoms in total. The Morgan fingerprint density at radius 2 is 1.80 bits per heavy atom. The summed E-state index contributed by atoms with van der Waals surface area (Å²) in [5, 5.41) is 5.65. The third-order valence-corrected chi connectivity index (χ3v) is 3.43. The Bertz CT molecular complexity index is 706. The van der Waals surface area contributed by atoms with Gasteiger partial charge < -0.3 is 15.4 Å². The van der Waals surface area contributed by atoms with Gasteiger partial charge in [0, 0.05) is 11.6 Å². The van der Waals surface area contributed by atoms with Crippen molar-refractivity contribution in [2.24, 2.45) is 0 Å². The molecule has 0 heterocycles. The van der Waals surface area contributed by atoms with Gasteiger partial charge in [-0.05, 0) is 42.0 Å². The third-order valence-electron chi connectivity index (χ3n) is 3.18. The summed E-state index contributed by atoms with van der Waals surface area (Å²) in [4.78, 5) is 11.6. The summed E-state index contributed by atoms with van der Waals surface area (Å²) >= 11 is 5.75. The first-order chi connectivity index (χ1) is 11.8. The van der Waals surface area contributed by atoms with Crippen LogP contribution in [0.25, 0.3) is 0 Å². The highest BCUT2D eigenvalue weighted by atomic mass is 35.5. The maximum atomic E-state index is 12.6. The van der Waals surface area contributed by atoms with Crippen molar-refractivity contribution < 1.29 is 22.7 Å². The first kappa shape index (κ1) is 18.9. The van der Waals surface area contributed by atoms with E-state index in [4.69, 9.17) is 16.3 Å². The summed E-state index contributed by atoms with van der Waals surface area (Å²) in [7, 11) is 0. The summed E-state index contributed by atoms with van der Waals surface area (Å²) in [6, 6.07) is 11.1. The Kier molecular flexibility index (Phi) is 6.52. The van der Waals surface area contributed by atoms with E-state index in [1.54, 1.807) is 24.3 Å². The number of hydrogen-bond acceptors (Lipinski definition) is 2. The van der Waals surface area contributed by atoms with E-state index in [9.17, 15) is 18.0 Å². The molecular weight excluding hydrogens is 357 g/mol. The van der Waals surface area contributed by atoms with Gasteiger partial charge >= 0.3 is 12.2 Å². The first-order valence-electron chi connectivity index (χ1n) is 7.41. The Hall–Kier alpha value is -2.41. The number of amides is 2. The van der Waals surface area contributed by atoms with Crippen molar-refractivity contribution in [1.82, 2.24) is 10.6 Å². The van der Waals surface area contributed by atoms with Gasteiger partial charge in [-0.25, -0.2) is 4.79 Å². The second-order valence-corrected chi connectivity index (χ2v) is 5.55. The van der Waals surface area contributed by atoms with E-state index in [1.165, 1.54) is 12.1 Å². The maximum Gasteiger partial charge on any atom is 0.416 e. The fraction of sp³-hybridized carbons (Fsp3) is 0.235. The van der Waals surface area contributed by atoms with Gasteiger partial charge in [0.15, 0.2) is 0 Å². The SMILES string of the molecule is O=C(NCCOc1ccc(Cl)cc1)NCc1cccc(C(F)(F)F)c1. The number of nitrogens with one attached hydrogen (secondary N) is 2. The lowest BCUT2D eigenvalue weighted by molar-refractivity contribution is -0.137. The molecule has 0 aliphatic carbocycles. The fourth-order valence-corrected chi connectivity index (χ4v) is 2.09. The highest BCUT2D eigenvalue weighted by Gasteiger charge is 2.30. The Balaban J connectivity index is 1.69. The largest absolute Gasteiger partial charge is 0.492 e. The maximum absolute atomic E-state index is 12.6. The van der Waals surface area contributed by atoms with E-state index in [0.29, 0.717) is 16.3 Å². The van der Waals surface area contributed by atoms with E-state index in [-0.39, 0.29) is 19.7 Å². The van der Waals surface area contributed by atoms with E-state index >= 15 is 0 Å². The molecule has 0 aliphatic heterocycles. The second-order valence-electron chi connectivity index (χ2n) is 5.11. The minimum absolute atomic E-state index is 0.00616. The molecule has 0 spiro atoms. The van der Waals surface area contributed by atoms with Crippen molar-refractivity contribution in [3.63, 3.8) is 0 Å². The Morgan fingerprint density at radius 1 is 1.08 bits per heavy atom. The van der Waals surface area contributed by atoms with Crippen molar-refractivity contribution in [2.45, 2.75) is 12.7 Å². The van der Waals surface area contributed by atoms with Crippen LogP contribution < -0.4 is 15.4 Å². The molecule has 0 bridgehead atoms. The molecule has 0 saturated heterocycles. The summed E-state index contributed by atoms with van der Waals surface area (Å²) in [6.45, 7) is 0.490. The average molecular weight is 373 g/mol. The molecule has 2 aromatic rings. The predicted octanol–water partition coefficient (Wildman–Crippen LogP) is 4.24. The minimum Gasteiger partial charge on any atom is -0.492 e. The Morgan fingerprint density at radius 3 is 2.48 bits per heavy atom. The quantitative estimate of drug-likeness (QED) is 0.745. The van der Waals surface area contributed by atoms with Crippen molar-refractivity contribution in [3.05, 3.63) is 64.7 Å². The average Bonchev–Trinajstić information content (AvgIpc) is 2.58. The molecule has 0 aliphatic rings. The third kappa shape index (κ3) is 6.54. The predicted molar refractivity (Wildman–Crippen MR) is 88.6 cm³/mol. The van der Waals surface area contributed by atoms with Crippen LogP contribution in [0.2, 0.25) is 5.02 Å². The lowest BCUT2D eigenvalue weighted by atomic mass is 10.1. The van der Waals surface area contributed by atoms with E-state index in [1.807, 2.05) is 0 Å². The van der Waals surface area contributed by atoms with Crippen LogP contribution in [0.1, 0.15) is 11.1 Å². The zero-order chi connectivity index (χ0) is 18.3. The monoisotopic (exact) mass is 372 g/mol. The van der Waals surface area contributed by atoms with Crippen LogP contribution in [-0.4, -0.2) is 19.2 Å². The highest BCUT2D eigenvalue weighted by molar-refractivity contribution is 6.30. The molecule has 25 heavy (non-hydrogen) atoms. The topological polar surface area (TPSA) is 50.4 Å². The van der Waals surface area contributed by atoms with Crippen LogP contribution in [0, 0.1) is 0 Å². The van der Waals surface area contributed by atoms with Gasteiger partial charge in [0.1, 0.15) is 12.4 Å². The first-order valence-corrected chi connectivity index (χ1v) is 7.78. The number of ether oxygens (including phenoxy) is 1. The van der Waals surface area contributed by atoms with Gasteiger partial charge in [0.2, 0.25) is 0 Å². The van der Waals surface area contributed by atoms with Crippen molar-refractivity contribution >= 4 is 17.6 Å². The van der Waals surface area contributed by atoms with Crippen LogP contribution in [0.3, 0.4) is 0 Å². The number of benzene rings is 2. The van der Waals surface area contributed by atoms with Crippen molar-refractivity contribution in [3.8, 4) is 5.75 Å². The molecule has 8 heteroatoms. The number of carbonyl (C=O) groups is 1. The van der Waals surface area contributed by atoms with Crippen LogP contribution in [0.4, 0.5) is 18.0 Å². The summed E-state index contributed by atoms with van der Waals surface area (Å²) in [6.07, 6.45) is -4.41. The molecule has 2 aromatic carbocycles. The molecule has 2 rings (SSSR count). The molecule has 0 aromatic heterocycles. The van der Waals surface area contributed by atoms with Gasteiger partial charge in [-0.2, -0.15) is 13.2 Å². The molecule has 0 unspecified atom stereocenters. The molecular formula is C17H16ClF3N2O2. The van der Waals surface area contributed by atoms with Gasteiger partial charge in [0.05, 0.1) is 12.1 Å². The minimum atomic E-state index is -4.41. The van der Waals surface area contributed by atoms with E-state index in [0.717, 1.165) is 12.1 Å². The molecule has 134 valence electrons. The number of hydrogen-bond donors (Lipinski definition) is 2. The lowest BCUT2D eigenvalue weighted by Gasteiger charge is -2.11. The normalized spacial score (nSPS) is 11.0. The van der Waals surface area contributed by atoms with Crippen LogP contribution >= 0.6 is 11.6 Å². The number of alkyl halides is 3. The van der Waals surface area contributed by atoms with Gasteiger partial charge in [-0.1, -0.05) is 23.7 Å². The van der Waals surface area contributed by atoms with Crippen molar-refractivity contribution in [1.29, 1.82) is 0 Å². The summed E-state index contributed by atoms with van der Waals surface area (Å²) in [5.74, 6) is 0.621. The number of carbonyl (C=O) groups excluding carboxylic acids is 1. The van der Waals surface area contributed by atoms with E-state index in [2.05, 4.69) is 10.6 Å². The van der Waals surface area contributed by atoms with Crippen LogP contribution in [0.5, 0.6) is 5.75 Å². The molecule has 0 saturated carbocycles. The van der Waals surface area contributed by atoms with Gasteiger partial charge in [-0.15, -0.1) is 0 Å². The molecule has 2 amide bonds. The van der Waals surface area contributed by atoms with Crippen molar-refractivity contribution in [2.75, 3.05) is 13.2 Å². The van der Waals surface area contributed by atoms with Gasteiger partial charge in [0.25, 0.3) is 0 Å². The van der Waals surface area contributed by atoms with E-state index < -0.39 is 17.8 Å². The fourth-order valence-electron chi connectivity index (χ4n) is 1.97. The summed E-state index contributed by atoms with van der Waals surface area (Å²) < 4.78 is 43.2. The second kappa shape index (κ2) is 8.62. The molecule has 0 atom stereocenters. The van der Waals surface area contributed by atoms with Crippen LogP contribution in [-0.2, 0) is 12.7 Å². The molecule has 2 N–H and O–H groups in total. The zero-order valence-corrected chi connectivity index (χ0v) is 13.8. The number of halogens is 4. The summed E-state index contributed by atoms with van der Waals surface area (Å²) in [5.41, 5.74) is -0.383. The Labute approximate surface area is 147 Å². The highest BCUT2D eigenvalue weighted by Crippen LogP contribution is 2.29. The van der Waals surface area contributed by atoms with Crippen LogP contribution in [0.15, 0.2) is 48.5 Å². The molecule has 0 fully saturated rings. The standard InChI is InChI=1S/C17H16ClF3N2O2/c18-14-4-6-15(7-5-14)25-9-8-22-16(24)23-11-12-2-1-3-13(10-12)17(19,20)21/h1-7,10H,8-9,11H2,(H2,22,23,24). The number of rotatable bonds is 6. The number of urea groups is 1. The smallest absolute Gasteiger partial charge is 0.416 e. The lowest BCUT2D eigenvalue weighted by Crippen LogP contribution is -2.37. The van der Waals surface area contributed by atoms with Gasteiger partial charge in [-0.3, -0.25) is 0 Å².